The molecule has 1 spiro atoms. The van der Waals surface area contributed by atoms with E-state index in [4.69, 9.17) is 20.7 Å². The van der Waals surface area contributed by atoms with E-state index in [2.05, 4.69) is 10.3 Å². The van der Waals surface area contributed by atoms with Crippen LogP contribution in [0.2, 0.25) is 0 Å². The molecular weight excluding hydrogens is 430 g/mol. The molecule has 29 heavy (non-hydrogen) atoms. The highest BCUT2D eigenvalue weighted by Gasteiger charge is 2.53. The van der Waals surface area contributed by atoms with E-state index < -0.39 is 32.6 Å². The summed E-state index contributed by atoms with van der Waals surface area (Å²) >= 11 is 5.05. The number of ether oxygens (including phenoxy) is 1. The lowest BCUT2D eigenvalue weighted by molar-refractivity contribution is 0.0737. The molecule has 6 nitrogen and oxygen atoms in total. The number of aliphatic imine (C=N–C) groups is 1. The van der Waals surface area contributed by atoms with Gasteiger partial charge in [0.1, 0.15) is 33.1 Å². The van der Waals surface area contributed by atoms with Crippen molar-refractivity contribution in [3.05, 3.63) is 10.6 Å². The van der Waals surface area contributed by atoms with Crippen molar-refractivity contribution in [3.63, 3.8) is 0 Å². The van der Waals surface area contributed by atoms with Crippen molar-refractivity contribution in [3.8, 4) is 0 Å². The van der Waals surface area contributed by atoms with E-state index in [1.54, 1.807) is 0 Å². The number of halogens is 1. The molecule has 1 N–H and O–H groups in total. The SMILES string of the molecule is CCC(C)(C)[S@@+]([O-])/N=C1\C2=C(CC13CCNCC3)[SH](C(=O)OC(C)(C)C)C(Cl)=N2. The van der Waals surface area contributed by atoms with Crippen LogP contribution in [-0.4, -0.2) is 43.5 Å². The van der Waals surface area contributed by atoms with Gasteiger partial charge in [0.15, 0.2) is 4.50 Å². The van der Waals surface area contributed by atoms with Crippen LogP contribution in [0.3, 0.4) is 0 Å². The molecule has 0 radical (unpaired) electrons. The van der Waals surface area contributed by atoms with Crippen LogP contribution in [0.4, 0.5) is 4.79 Å². The molecule has 164 valence electrons. The first-order valence-corrected chi connectivity index (χ1v) is 13.0. The minimum Gasteiger partial charge on any atom is -0.591 e. The molecule has 1 fully saturated rings. The Morgan fingerprint density at radius 2 is 1.97 bits per heavy atom. The Hall–Kier alpha value is -0.540. The fourth-order valence-corrected chi connectivity index (χ4v) is 7.24. The van der Waals surface area contributed by atoms with Crippen LogP contribution in [0.25, 0.3) is 0 Å². The number of carbonyl (C=O) groups is 1. The first kappa shape index (κ1) is 23.1. The maximum Gasteiger partial charge on any atom is 0.357 e. The topological polar surface area (TPSA) is 86.1 Å². The summed E-state index contributed by atoms with van der Waals surface area (Å²) in [7, 11) is -1.47. The van der Waals surface area contributed by atoms with Crippen LogP contribution in [0.5, 0.6) is 0 Å². The Labute approximate surface area is 184 Å². The zero-order chi connectivity index (χ0) is 21.6. The Balaban J connectivity index is 2.02. The molecule has 2 aliphatic heterocycles. The number of thiol groups is 1. The largest absolute Gasteiger partial charge is 0.591 e. The van der Waals surface area contributed by atoms with Crippen molar-refractivity contribution in [2.75, 3.05) is 13.1 Å². The fourth-order valence-electron chi connectivity index (χ4n) is 3.71. The van der Waals surface area contributed by atoms with Crippen LogP contribution in [0, 0.1) is 5.41 Å². The minimum absolute atomic E-state index is 0.223. The van der Waals surface area contributed by atoms with Gasteiger partial charge in [-0.2, -0.15) is 0 Å². The van der Waals surface area contributed by atoms with Crippen LogP contribution in [0.15, 0.2) is 20.0 Å². The molecule has 2 atom stereocenters. The van der Waals surface area contributed by atoms with Gasteiger partial charge in [-0.1, -0.05) is 33.8 Å². The zero-order valence-electron chi connectivity index (χ0n) is 18.1. The van der Waals surface area contributed by atoms with E-state index in [1.165, 1.54) is 0 Å². The lowest BCUT2D eigenvalue weighted by atomic mass is 9.75. The zero-order valence-corrected chi connectivity index (χ0v) is 20.6. The number of rotatable bonds is 3. The molecule has 3 rings (SSSR count). The van der Waals surface area contributed by atoms with E-state index in [0.29, 0.717) is 12.1 Å². The lowest BCUT2D eigenvalue weighted by Crippen LogP contribution is -2.41. The normalized spacial score (nSPS) is 27.9. The highest BCUT2D eigenvalue weighted by Crippen LogP contribution is 2.60. The van der Waals surface area contributed by atoms with Crippen LogP contribution in [-0.2, 0) is 16.1 Å². The highest BCUT2D eigenvalue weighted by atomic mass is 35.5. The van der Waals surface area contributed by atoms with E-state index >= 15 is 0 Å². The number of piperidine rings is 1. The van der Waals surface area contributed by atoms with Crippen molar-refractivity contribution >= 4 is 49.4 Å². The smallest absolute Gasteiger partial charge is 0.357 e. The van der Waals surface area contributed by atoms with Gasteiger partial charge in [0.25, 0.3) is 0 Å². The molecule has 0 amide bonds. The third kappa shape index (κ3) is 4.56. The summed E-state index contributed by atoms with van der Waals surface area (Å²) in [6.07, 6.45) is 3.21. The van der Waals surface area contributed by atoms with Crippen LogP contribution >= 0.6 is 22.5 Å². The van der Waals surface area contributed by atoms with E-state index in [0.717, 1.165) is 43.0 Å². The summed E-state index contributed by atoms with van der Waals surface area (Å²) in [5, 5.41) is 3.08. The predicted octanol–water partition coefficient (Wildman–Crippen LogP) is 4.81. The number of carbonyl (C=O) groups excluding carboxylic acids is 1. The molecule has 0 aromatic carbocycles. The molecule has 0 bridgehead atoms. The van der Waals surface area contributed by atoms with Crippen molar-refractivity contribution in [1.29, 1.82) is 0 Å². The molecule has 1 unspecified atom stereocenters. The van der Waals surface area contributed by atoms with Gasteiger partial charge >= 0.3 is 5.30 Å². The number of nitrogens with zero attached hydrogens (tertiary/aromatic N) is 2. The average Bonchev–Trinajstić information content (AvgIpc) is 3.06. The maximum absolute atomic E-state index is 13.1. The van der Waals surface area contributed by atoms with Crippen molar-refractivity contribution < 1.29 is 14.1 Å². The number of hydrogen-bond acceptors (Lipinski definition) is 6. The standard InChI is InChI=1S/C20H32ClN3O3S2/c1-7-19(5,6)29(26)24-15-14-13(12-20(15)8-10-22-11-9-20)28(16(21)23-14)17(25)27-18(2,3)4/h22,28H,7-12H2,1-6H3/b24-15+/t29-/m1/s1. The first-order chi connectivity index (χ1) is 13.4. The van der Waals surface area contributed by atoms with Crippen molar-refractivity contribution in [2.24, 2.45) is 14.8 Å². The van der Waals surface area contributed by atoms with Gasteiger partial charge in [-0.05, 0) is 73.4 Å². The van der Waals surface area contributed by atoms with Gasteiger partial charge in [-0.15, -0.1) is 0 Å². The van der Waals surface area contributed by atoms with E-state index in [-0.39, 0.29) is 15.2 Å². The minimum atomic E-state index is -1.47. The maximum atomic E-state index is 13.1. The number of hydrogen-bond donors (Lipinski definition) is 2. The molecule has 3 aliphatic rings. The summed E-state index contributed by atoms with van der Waals surface area (Å²) in [4.78, 5) is 18.4. The Morgan fingerprint density at radius 3 is 2.52 bits per heavy atom. The highest BCUT2D eigenvalue weighted by molar-refractivity contribution is 8.45. The summed E-state index contributed by atoms with van der Waals surface area (Å²) < 4.78 is 23.3. The lowest BCUT2D eigenvalue weighted by Gasteiger charge is -2.36. The van der Waals surface area contributed by atoms with Crippen LogP contribution in [0.1, 0.15) is 67.2 Å². The summed E-state index contributed by atoms with van der Waals surface area (Å²) in [5.74, 6) is 0. The summed E-state index contributed by atoms with van der Waals surface area (Å²) in [6, 6.07) is 0. The number of allylic oxidation sites excluding steroid dienone is 2. The fraction of sp³-hybridized carbons (Fsp3) is 0.750. The van der Waals surface area contributed by atoms with Gasteiger partial charge < -0.3 is 14.6 Å². The van der Waals surface area contributed by atoms with Crippen molar-refractivity contribution in [2.45, 2.75) is 77.6 Å². The second-order valence-electron chi connectivity index (χ2n) is 9.50. The Morgan fingerprint density at radius 1 is 1.34 bits per heavy atom. The third-order valence-corrected chi connectivity index (χ3v) is 9.81. The molecule has 0 aromatic heterocycles. The molecular formula is C20H32ClN3O3S2. The quantitative estimate of drug-likeness (QED) is 0.358. The van der Waals surface area contributed by atoms with E-state index in [9.17, 15) is 9.35 Å². The van der Waals surface area contributed by atoms with Crippen LogP contribution < -0.4 is 5.32 Å². The van der Waals surface area contributed by atoms with Gasteiger partial charge in [0, 0.05) is 10.3 Å². The third-order valence-electron chi connectivity index (χ3n) is 5.80. The number of nitrogens with one attached hydrogen (secondary N) is 1. The monoisotopic (exact) mass is 461 g/mol. The van der Waals surface area contributed by atoms with Gasteiger partial charge in [0.2, 0.25) is 0 Å². The van der Waals surface area contributed by atoms with Gasteiger partial charge in [-0.25, -0.2) is 9.79 Å². The van der Waals surface area contributed by atoms with E-state index in [1.807, 2.05) is 41.5 Å². The molecule has 1 saturated heterocycles. The summed E-state index contributed by atoms with van der Waals surface area (Å²) in [6.45, 7) is 13.2. The molecule has 9 heteroatoms. The van der Waals surface area contributed by atoms with Crippen molar-refractivity contribution in [1.82, 2.24) is 5.32 Å². The summed E-state index contributed by atoms with van der Waals surface area (Å²) in [5.41, 5.74) is 0.655. The Bertz CT molecular complexity index is 780. The van der Waals surface area contributed by atoms with Gasteiger partial charge in [0.05, 0.1) is 0 Å². The Kier molecular flexibility index (Phi) is 6.53. The second kappa shape index (κ2) is 8.19. The molecule has 1 aliphatic carbocycles. The van der Waals surface area contributed by atoms with Gasteiger partial charge in [-0.3, -0.25) is 0 Å². The first-order valence-electron chi connectivity index (χ1n) is 10.1. The average molecular weight is 462 g/mol. The molecule has 0 saturated carbocycles. The molecule has 0 aromatic rings. The second-order valence-corrected chi connectivity index (χ2v) is 13.9. The predicted molar refractivity (Wildman–Crippen MR) is 125 cm³/mol. The molecule has 2 heterocycles.